The van der Waals surface area contributed by atoms with Crippen molar-refractivity contribution in [1.82, 2.24) is 10.6 Å². The molecule has 2 amide bonds. The number of carbonyl (C=O) groups is 4. The molecule has 0 saturated carbocycles. The van der Waals surface area contributed by atoms with Crippen molar-refractivity contribution in [1.29, 1.82) is 0 Å². The summed E-state index contributed by atoms with van der Waals surface area (Å²) < 4.78 is 9.33. The summed E-state index contributed by atoms with van der Waals surface area (Å²) in [5.74, 6) is -4.02. The summed E-state index contributed by atoms with van der Waals surface area (Å²) in [6.45, 7) is 0. The number of aliphatic hydroxyl groups is 2. The van der Waals surface area contributed by atoms with Gasteiger partial charge in [0.1, 0.15) is 0 Å². The topological polar surface area (TPSA) is 151 Å². The Balaban J connectivity index is 2.12. The predicted molar refractivity (Wildman–Crippen MR) is 111 cm³/mol. The van der Waals surface area contributed by atoms with Crippen LogP contribution in [0.5, 0.6) is 0 Å². The Morgan fingerprint density at radius 1 is 0.656 bits per heavy atom. The maximum Gasteiger partial charge on any atom is 0.333 e. The number of carbonyl (C=O) groups excluding carboxylic acids is 4. The minimum atomic E-state index is -2.24. The van der Waals surface area contributed by atoms with Gasteiger partial charge in [-0.3, -0.25) is 9.59 Å². The fourth-order valence-corrected chi connectivity index (χ4v) is 2.83. The van der Waals surface area contributed by atoms with Gasteiger partial charge in [-0.05, 0) is 11.1 Å². The van der Waals surface area contributed by atoms with Crippen molar-refractivity contribution in [3.8, 4) is 0 Å². The second-order valence-electron chi connectivity index (χ2n) is 6.64. The zero-order chi connectivity index (χ0) is 23.7. The Hall–Kier alpha value is -3.76. The van der Waals surface area contributed by atoms with E-state index in [1.54, 1.807) is 60.7 Å². The minimum Gasteiger partial charge on any atom is -0.467 e. The lowest BCUT2D eigenvalue weighted by molar-refractivity contribution is -0.152. The Bertz CT molecular complexity index is 858. The predicted octanol–water partition coefficient (Wildman–Crippen LogP) is -0.231. The Morgan fingerprint density at radius 3 is 1.25 bits per heavy atom. The summed E-state index contributed by atoms with van der Waals surface area (Å²) in [6.07, 6.45) is -4.47. The number of ether oxygens (including phenoxy) is 2. The van der Waals surface area contributed by atoms with Crippen molar-refractivity contribution in [3.63, 3.8) is 0 Å². The molecular formula is C22H24N2O8. The van der Waals surface area contributed by atoms with Crippen molar-refractivity contribution >= 4 is 23.8 Å². The van der Waals surface area contributed by atoms with E-state index in [1.807, 2.05) is 0 Å². The van der Waals surface area contributed by atoms with E-state index in [0.717, 1.165) is 14.2 Å². The molecule has 0 aliphatic heterocycles. The van der Waals surface area contributed by atoms with Crippen molar-refractivity contribution < 1.29 is 38.9 Å². The highest BCUT2D eigenvalue weighted by Gasteiger charge is 2.35. The highest BCUT2D eigenvalue weighted by atomic mass is 16.5. The average molecular weight is 444 g/mol. The maximum atomic E-state index is 12.4. The lowest BCUT2D eigenvalue weighted by atomic mass is 10.0. The second kappa shape index (κ2) is 11.6. The number of hydrogen-bond acceptors (Lipinski definition) is 8. The van der Waals surface area contributed by atoms with Crippen LogP contribution in [0.1, 0.15) is 23.2 Å². The highest BCUT2D eigenvalue weighted by molar-refractivity contribution is 5.94. The summed E-state index contributed by atoms with van der Waals surface area (Å²) in [5.41, 5.74) is 0.738. The van der Waals surface area contributed by atoms with Crippen LogP contribution in [0.4, 0.5) is 0 Å². The van der Waals surface area contributed by atoms with Crippen LogP contribution in [0.15, 0.2) is 60.7 Å². The average Bonchev–Trinajstić information content (AvgIpc) is 2.84. The van der Waals surface area contributed by atoms with Crippen LogP contribution >= 0.6 is 0 Å². The van der Waals surface area contributed by atoms with E-state index in [4.69, 9.17) is 0 Å². The SMILES string of the molecule is COC(=O)[C@H](NC(=O)[C@H](O)[C@@H](O)C(=O)N[C@@H](C(=O)OC)c1ccccc1)c1ccccc1. The summed E-state index contributed by atoms with van der Waals surface area (Å²) in [6, 6.07) is 13.6. The van der Waals surface area contributed by atoms with Gasteiger partial charge in [-0.2, -0.15) is 0 Å². The minimum absolute atomic E-state index is 0.369. The number of aliphatic hydroxyl groups excluding tert-OH is 2. The van der Waals surface area contributed by atoms with Gasteiger partial charge in [0.15, 0.2) is 24.3 Å². The second-order valence-corrected chi connectivity index (χ2v) is 6.64. The molecule has 0 spiro atoms. The molecule has 2 aromatic carbocycles. The quantitative estimate of drug-likeness (QED) is 0.387. The Labute approximate surface area is 184 Å². The smallest absolute Gasteiger partial charge is 0.333 e. The van der Waals surface area contributed by atoms with E-state index in [-0.39, 0.29) is 0 Å². The first-order chi connectivity index (χ1) is 15.3. The summed E-state index contributed by atoms with van der Waals surface area (Å²) in [5, 5.41) is 24.9. The van der Waals surface area contributed by atoms with Crippen molar-refractivity contribution in [2.75, 3.05) is 14.2 Å². The van der Waals surface area contributed by atoms with Crippen molar-refractivity contribution in [2.45, 2.75) is 24.3 Å². The molecule has 0 saturated heterocycles. The maximum absolute atomic E-state index is 12.4. The van der Waals surface area contributed by atoms with Gasteiger partial charge >= 0.3 is 11.9 Å². The number of esters is 2. The third kappa shape index (κ3) is 6.13. The molecule has 10 heteroatoms. The third-order valence-corrected chi connectivity index (χ3v) is 4.55. The normalized spacial score (nSPS) is 14.2. The molecule has 0 heterocycles. The third-order valence-electron chi connectivity index (χ3n) is 4.55. The van der Waals surface area contributed by atoms with E-state index >= 15 is 0 Å². The summed E-state index contributed by atoms with van der Waals surface area (Å²) >= 11 is 0. The van der Waals surface area contributed by atoms with Crippen LogP contribution in [0.3, 0.4) is 0 Å². The number of benzene rings is 2. The van der Waals surface area contributed by atoms with Crippen molar-refractivity contribution in [3.05, 3.63) is 71.8 Å². The van der Waals surface area contributed by atoms with E-state index in [2.05, 4.69) is 20.1 Å². The first-order valence-corrected chi connectivity index (χ1v) is 9.52. The zero-order valence-corrected chi connectivity index (χ0v) is 17.4. The molecule has 32 heavy (non-hydrogen) atoms. The number of rotatable bonds is 9. The molecular weight excluding hydrogens is 420 g/mol. The lowest BCUT2D eigenvalue weighted by Gasteiger charge is -2.23. The largest absolute Gasteiger partial charge is 0.467 e. The number of amides is 2. The fourth-order valence-electron chi connectivity index (χ4n) is 2.83. The van der Waals surface area contributed by atoms with Crippen LogP contribution in [0, 0.1) is 0 Å². The number of hydrogen-bond donors (Lipinski definition) is 4. The Morgan fingerprint density at radius 2 is 0.969 bits per heavy atom. The molecule has 0 fully saturated rings. The van der Waals surface area contributed by atoms with E-state index < -0.39 is 48.0 Å². The van der Waals surface area contributed by atoms with Gasteiger partial charge in [-0.1, -0.05) is 60.7 Å². The zero-order valence-electron chi connectivity index (χ0n) is 17.4. The van der Waals surface area contributed by atoms with Gasteiger partial charge in [0, 0.05) is 0 Å². The van der Waals surface area contributed by atoms with Crippen LogP contribution < -0.4 is 10.6 Å². The molecule has 0 radical (unpaired) electrons. The Kier molecular flexibility index (Phi) is 8.87. The molecule has 0 aromatic heterocycles. The molecule has 2 rings (SSSR count). The van der Waals surface area contributed by atoms with E-state index in [0.29, 0.717) is 11.1 Å². The van der Waals surface area contributed by atoms with E-state index in [9.17, 15) is 29.4 Å². The molecule has 0 aliphatic carbocycles. The number of methoxy groups -OCH3 is 2. The molecule has 170 valence electrons. The van der Waals surface area contributed by atoms with Gasteiger partial charge in [0.2, 0.25) is 0 Å². The van der Waals surface area contributed by atoms with E-state index in [1.165, 1.54) is 0 Å². The van der Waals surface area contributed by atoms with Crippen LogP contribution in [-0.4, -0.2) is 60.4 Å². The standard InChI is InChI=1S/C22H24N2O8/c1-31-21(29)15(13-9-5-3-6-10-13)23-19(27)17(25)18(26)20(28)24-16(22(30)32-2)14-11-7-4-8-12-14/h3-12,15-18,25-26H,1-2H3,(H,23,27)(H,24,28)/t15-,16-,17-,18-/m1/s1. The van der Waals surface area contributed by atoms with Gasteiger partial charge < -0.3 is 30.3 Å². The summed E-state index contributed by atoms with van der Waals surface area (Å²) in [4.78, 5) is 49.0. The molecule has 0 unspecified atom stereocenters. The molecule has 4 atom stereocenters. The molecule has 2 aromatic rings. The van der Waals surface area contributed by atoms with Crippen molar-refractivity contribution in [2.24, 2.45) is 0 Å². The molecule has 4 N–H and O–H groups in total. The lowest BCUT2D eigenvalue weighted by Crippen LogP contribution is -2.52. The first-order valence-electron chi connectivity index (χ1n) is 9.52. The van der Waals surface area contributed by atoms with Gasteiger partial charge in [0.05, 0.1) is 14.2 Å². The van der Waals surface area contributed by atoms with Crippen LogP contribution in [-0.2, 0) is 28.7 Å². The molecule has 0 bridgehead atoms. The fraction of sp³-hybridized carbons (Fsp3) is 0.273. The van der Waals surface area contributed by atoms with Gasteiger partial charge in [0.25, 0.3) is 11.8 Å². The number of nitrogens with one attached hydrogen (secondary N) is 2. The molecule has 0 aliphatic rings. The van der Waals surface area contributed by atoms with Gasteiger partial charge in [-0.15, -0.1) is 0 Å². The van der Waals surface area contributed by atoms with Gasteiger partial charge in [-0.25, -0.2) is 9.59 Å². The van der Waals surface area contributed by atoms with Crippen LogP contribution in [0.2, 0.25) is 0 Å². The summed E-state index contributed by atoms with van der Waals surface area (Å²) in [7, 11) is 2.25. The first kappa shape index (κ1) is 24.5. The monoisotopic (exact) mass is 444 g/mol. The highest BCUT2D eigenvalue weighted by Crippen LogP contribution is 2.16. The van der Waals surface area contributed by atoms with Crippen LogP contribution in [0.25, 0.3) is 0 Å². The molecule has 10 nitrogen and oxygen atoms in total.